The van der Waals surface area contributed by atoms with E-state index in [1.54, 1.807) is 6.08 Å². The number of aliphatic imine (C=N–C) groups is 1. The number of nitrogens with zero attached hydrogens (tertiary/aromatic N) is 1. The maximum atomic E-state index is 10.6. The number of ether oxygens (including phenoxy) is 2. The quantitative estimate of drug-likeness (QED) is 0.593. The predicted octanol–water partition coefficient (Wildman–Crippen LogP) is 2.40. The van der Waals surface area contributed by atoms with Crippen LogP contribution in [0.25, 0.3) is 0 Å². The van der Waals surface area contributed by atoms with Crippen LogP contribution in [0.15, 0.2) is 11.1 Å². The number of isocyanates is 1. The summed E-state index contributed by atoms with van der Waals surface area (Å²) < 4.78 is 11.3. The Morgan fingerprint density at radius 2 is 1.94 bits per heavy atom. The molecule has 0 amide bonds. The zero-order chi connectivity index (χ0) is 12.8. The molecule has 18 heavy (non-hydrogen) atoms. The van der Waals surface area contributed by atoms with Crippen LogP contribution in [-0.4, -0.2) is 19.3 Å². The molecule has 0 aromatic heterocycles. The zero-order valence-corrected chi connectivity index (χ0v) is 10.6. The van der Waals surface area contributed by atoms with E-state index in [1.807, 2.05) is 19.9 Å². The third-order valence-corrected chi connectivity index (χ3v) is 3.88. The lowest BCUT2D eigenvalue weighted by atomic mass is 9.94. The van der Waals surface area contributed by atoms with Crippen LogP contribution in [0.4, 0.5) is 0 Å². The average molecular weight is 245 g/mol. The molecular formula is C14H15NO3. The van der Waals surface area contributed by atoms with Crippen molar-refractivity contribution < 1.29 is 14.3 Å². The van der Waals surface area contributed by atoms with Crippen molar-refractivity contribution >= 4 is 6.08 Å². The van der Waals surface area contributed by atoms with Gasteiger partial charge in [0.2, 0.25) is 6.08 Å². The number of hydrogen-bond acceptors (Lipinski definition) is 4. The summed E-state index contributed by atoms with van der Waals surface area (Å²) in [5.74, 6) is 1.60. The monoisotopic (exact) mass is 245 g/mol. The maximum Gasteiger partial charge on any atom is 0.235 e. The normalized spacial score (nSPS) is 19.0. The van der Waals surface area contributed by atoms with Crippen molar-refractivity contribution in [2.75, 3.05) is 13.2 Å². The SMILES string of the molecule is Cc1c(C2(N=C=O)CC2)cc2c(c1C)OCCO2. The average Bonchev–Trinajstić information content (AvgIpc) is 3.15. The molecule has 0 spiro atoms. The van der Waals surface area contributed by atoms with Crippen LogP contribution in [0.5, 0.6) is 11.5 Å². The minimum absolute atomic E-state index is 0.355. The van der Waals surface area contributed by atoms with E-state index in [2.05, 4.69) is 4.99 Å². The van der Waals surface area contributed by atoms with Crippen molar-refractivity contribution in [2.24, 2.45) is 4.99 Å². The molecule has 1 heterocycles. The van der Waals surface area contributed by atoms with Gasteiger partial charge in [-0.05, 0) is 49.4 Å². The molecule has 94 valence electrons. The van der Waals surface area contributed by atoms with E-state index in [1.165, 1.54) is 0 Å². The summed E-state index contributed by atoms with van der Waals surface area (Å²) in [4.78, 5) is 14.6. The predicted molar refractivity (Wildman–Crippen MR) is 65.9 cm³/mol. The standard InChI is InChI=1S/C14H15NO3/c1-9-10(2)13-12(17-5-6-18-13)7-11(9)14(3-4-14)15-8-16/h7H,3-6H2,1-2H3. The summed E-state index contributed by atoms with van der Waals surface area (Å²) in [7, 11) is 0. The molecule has 1 fully saturated rings. The molecule has 0 unspecified atom stereocenters. The lowest BCUT2D eigenvalue weighted by Crippen LogP contribution is -2.18. The van der Waals surface area contributed by atoms with Gasteiger partial charge in [-0.1, -0.05) is 0 Å². The number of benzene rings is 1. The first-order valence-corrected chi connectivity index (χ1v) is 6.17. The van der Waals surface area contributed by atoms with Crippen molar-refractivity contribution in [1.82, 2.24) is 0 Å². The number of carbonyl (C=O) groups excluding carboxylic acids is 1. The van der Waals surface area contributed by atoms with Crippen molar-refractivity contribution in [2.45, 2.75) is 32.2 Å². The van der Waals surface area contributed by atoms with Crippen LogP contribution in [0.3, 0.4) is 0 Å². The van der Waals surface area contributed by atoms with Gasteiger partial charge >= 0.3 is 0 Å². The Kier molecular flexibility index (Phi) is 2.42. The van der Waals surface area contributed by atoms with E-state index in [0.29, 0.717) is 13.2 Å². The van der Waals surface area contributed by atoms with E-state index in [0.717, 1.165) is 41.0 Å². The largest absolute Gasteiger partial charge is 0.486 e. The molecule has 4 nitrogen and oxygen atoms in total. The first-order chi connectivity index (χ1) is 8.68. The maximum absolute atomic E-state index is 10.6. The molecule has 0 saturated heterocycles. The van der Waals surface area contributed by atoms with Gasteiger partial charge in [-0.3, -0.25) is 0 Å². The van der Waals surface area contributed by atoms with E-state index >= 15 is 0 Å². The van der Waals surface area contributed by atoms with Gasteiger partial charge < -0.3 is 9.47 Å². The molecule has 0 atom stereocenters. The Hall–Kier alpha value is -1.80. The van der Waals surface area contributed by atoms with Crippen molar-refractivity contribution in [1.29, 1.82) is 0 Å². The Morgan fingerprint density at radius 1 is 1.22 bits per heavy atom. The summed E-state index contributed by atoms with van der Waals surface area (Å²) in [6.45, 7) is 5.22. The van der Waals surface area contributed by atoms with Crippen molar-refractivity contribution in [3.8, 4) is 11.5 Å². The van der Waals surface area contributed by atoms with Crippen LogP contribution in [0.2, 0.25) is 0 Å². The molecule has 3 rings (SSSR count). The number of hydrogen-bond donors (Lipinski definition) is 0. The first kappa shape index (κ1) is 11.3. The van der Waals surface area contributed by atoms with Gasteiger partial charge in [0.15, 0.2) is 11.5 Å². The molecule has 1 aliphatic carbocycles. The fraction of sp³-hybridized carbons (Fsp3) is 0.500. The second-order valence-corrected chi connectivity index (χ2v) is 4.93. The van der Waals surface area contributed by atoms with E-state index in [-0.39, 0.29) is 5.54 Å². The van der Waals surface area contributed by atoms with E-state index < -0.39 is 0 Å². The lowest BCUT2D eigenvalue weighted by Gasteiger charge is -2.24. The van der Waals surface area contributed by atoms with E-state index in [9.17, 15) is 4.79 Å². The summed E-state index contributed by atoms with van der Waals surface area (Å²) in [6.07, 6.45) is 3.51. The number of fused-ring (bicyclic) bond motifs is 1. The summed E-state index contributed by atoms with van der Waals surface area (Å²) in [5.41, 5.74) is 2.94. The van der Waals surface area contributed by atoms with Crippen LogP contribution >= 0.6 is 0 Å². The van der Waals surface area contributed by atoms with Crippen molar-refractivity contribution in [3.05, 3.63) is 22.8 Å². The highest BCUT2D eigenvalue weighted by Crippen LogP contribution is 2.53. The summed E-state index contributed by atoms with van der Waals surface area (Å²) in [6, 6.07) is 1.98. The Labute approximate surface area is 106 Å². The molecule has 0 radical (unpaired) electrons. The van der Waals surface area contributed by atoms with Gasteiger partial charge in [-0.25, -0.2) is 4.79 Å². The summed E-state index contributed by atoms with van der Waals surface area (Å²) in [5, 5.41) is 0. The van der Waals surface area contributed by atoms with Crippen LogP contribution in [-0.2, 0) is 10.3 Å². The molecule has 0 bridgehead atoms. The topological polar surface area (TPSA) is 47.9 Å². The van der Waals surface area contributed by atoms with Gasteiger partial charge in [-0.15, -0.1) is 0 Å². The van der Waals surface area contributed by atoms with Crippen LogP contribution < -0.4 is 9.47 Å². The highest BCUT2D eigenvalue weighted by molar-refractivity contribution is 5.57. The number of rotatable bonds is 2. The minimum Gasteiger partial charge on any atom is -0.486 e. The van der Waals surface area contributed by atoms with Crippen molar-refractivity contribution in [3.63, 3.8) is 0 Å². The Balaban J connectivity index is 2.16. The summed E-state index contributed by atoms with van der Waals surface area (Å²) >= 11 is 0. The molecule has 1 saturated carbocycles. The third kappa shape index (κ3) is 1.53. The Morgan fingerprint density at radius 3 is 2.61 bits per heavy atom. The van der Waals surface area contributed by atoms with Gasteiger partial charge in [0, 0.05) is 0 Å². The van der Waals surface area contributed by atoms with Crippen LogP contribution in [0.1, 0.15) is 29.5 Å². The van der Waals surface area contributed by atoms with E-state index in [4.69, 9.17) is 9.47 Å². The molecule has 1 aromatic rings. The molecule has 1 aliphatic heterocycles. The lowest BCUT2D eigenvalue weighted by molar-refractivity contribution is 0.170. The third-order valence-electron chi connectivity index (χ3n) is 3.88. The smallest absolute Gasteiger partial charge is 0.235 e. The first-order valence-electron chi connectivity index (χ1n) is 6.17. The zero-order valence-electron chi connectivity index (χ0n) is 10.6. The molecule has 4 heteroatoms. The second-order valence-electron chi connectivity index (χ2n) is 4.93. The fourth-order valence-corrected chi connectivity index (χ4v) is 2.57. The highest BCUT2D eigenvalue weighted by atomic mass is 16.6. The Bertz CT molecular complexity index is 555. The van der Waals surface area contributed by atoms with Crippen LogP contribution in [0, 0.1) is 13.8 Å². The molecule has 1 aromatic carbocycles. The van der Waals surface area contributed by atoms with Gasteiger partial charge in [0.25, 0.3) is 0 Å². The molecule has 0 N–H and O–H groups in total. The highest BCUT2D eigenvalue weighted by Gasteiger charge is 2.46. The second kappa shape index (κ2) is 3.85. The molecular weight excluding hydrogens is 230 g/mol. The van der Waals surface area contributed by atoms with Gasteiger partial charge in [0.05, 0.1) is 5.54 Å². The van der Waals surface area contributed by atoms with Gasteiger partial charge in [-0.2, -0.15) is 4.99 Å². The van der Waals surface area contributed by atoms with Gasteiger partial charge in [0.1, 0.15) is 13.2 Å². The minimum atomic E-state index is -0.355. The fourth-order valence-electron chi connectivity index (χ4n) is 2.57. The molecule has 2 aliphatic rings.